The van der Waals surface area contributed by atoms with Gasteiger partial charge in [-0.2, -0.15) is 0 Å². The summed E-state index contributed by atoms with van der Waals surface area (Å²) >= 11 is 0. The summed E-state index contributed by atoms with van der Waals surface area (Å²) in [6.45, 7) is 2.88. The number of carbonyl (C=O) groups excluding carboxylic acids is 2. The van der Waals surface area contributed by atoms with E-state index in [1.165, 1.54) is 0 Å². The van der Waals surface area contributed by atoms with Crippen molar-refractivity contribution < 1.29 is 29.4 Å². The Hall–Kier alpha value is -1.72. The predicted octanol–water partition coefficient (Wildman–Crippen LogP) is 1.27. The van der Waals surface area contributed by atoms with Crippen molar-refractivity contribution in [1.29, 1.82) is 0 Å². The van der Waals surface area contributed by atoms with Gasteiger partial charge in [-0.3, -0.25) is 19.2 Å². The van der Waals surface area contributed by atoms with Gasteiger partial charge in [0.05, 0.1) is 0 Å². The van der Waals surface area contributed by atoms with Gasteiger partial charge < -0.3 is 10.2 Å². The molecule has 2 N–H and O–H groups in total. The number of ketones is 2. The highest BCUT2D eigenvalue weighted by atomic mass is 16.4. The molecule has 6 heteroatoms. The molecule has 0 amide bonds. The molecule has 1 fully saturated rings. The number of carboxylic acids is 2. The third-order valence-electron chi connectivity index (χ3n) is 4.16. The average molecular weight is 270 g/mol. The third-order valence-corrected chi connectivity index (χ3v) is 4.16. The Balaban J connectivity index is 3.48. The van der Waals surface area contributed by atoms with Crippen molar-refractivity contribution in [3.05, 3.63) is 0 Å². The molecule has 0 radical (unpaired) electrons. The highest BCUT2D eigenvalue weighted by molar-refractivity contribution is 6.19. The lowest BCUT2D eigenvalue weighted by Gasteiger charge is -2.43. The standard InChI is InChI=1S/C13H18O6/c1-3-4-7-13(11(18)19)9(15)6-5-8(14)12(13,2)10(16)17/h3-7H2,1-2H3,(H,16,17)(H,18,19). The second-order valence-corrected chi connectivity index (χ2v) is 5.09. The maximum atomic E-state index is 12.1. The van der Waals surface area contributed by atoms with Crippen molar-refractivity contribution in [2.75, 3.05) is 0 Å². The number of hydrogen-bond acceptors (Lipinski definition) is 4. The van der Waals surface area contributed by atoms with Crippen molar-refractivity contribution >= 4 is 23.5 Å². The van der Waals surface area contributed by atoms with Gasteiger partial charge in [-0.15, -0.1) is 0 Å². The number of hydrogen-bond donors (Lipinski definition) is 2. The molecule has 2 unspecified atom stereocenters. The van der Waals surface area contributed by atoms with Crippen LogP contribution in [0.2, 0.25) is 0 Å². The van der Waals surface area contributed by atoms with Gasteiger partial charge in [0, 0.05) is 12.8 Å². The summed E-state index contributed by atoms with van der Waals surface area (Å²) < 4.78 is 0. The topological polar surface area (TPSA) is 109 Å². The zero-order valence-corrected chi connectivity index (χ0v) is 11.1. The Kier molecular flexibility index (Phi) is 4.12. The number of carbonyl (C=O) groups is 4. The van der Waals surface area contributed by atoms with E-state index in [1.54, 1.807) is 0 Å². The smallest absolute Gasteiger partial charge is 0.318 e. The molecule has 2 atom stereocenters. The highest BCUT2D eigenvalue weighted by Crippen LogP contribution is 2.50. The molecule has 0 aromatic rings. The molecule has 1 rings (SSSR count). The summed E-state index contributed by atoms with van der Waals surface area (Å²) in [5, 5.41) is 18.8. The van der Waals surface area contributed by atoms with E-state index in [2.05, 4.69) is 0 Å². The van der Waals surface area contributed by atoms with Crippen LogP contribution >= 0.6 is 0 Å². The molecule has 0 aliphatic heterocycles. The zero-order chi connectivity index (χ0) is 14.8. The highest BCUT2D eigenvalue weighted by Gasteiger charge is 2.67. The lowest BCUT2D eigenvalue weighted by Crippen LogP contribution is -2.62. The number of rotatable bonds is 5. The van der Waals surface area contributed by atoms with Crippen LogP contribution in [0.5, 0.6) is 0 Å². The summed E-state index contributed by atoms with van der Waals surface area (Å²) in [6.07, 6.45) is 0.479. The summed E-state index contributed by atoms with van der Waals surface area (Å²) in [5.74, 6) is -4.39. The molecule has 0 spiro atoms. The molecule has 1 aliphatic rings. The van der Waals surface area contributed by atoms with Crippen LogP contribution in [0.3, 0.4) is 0 Å². The Morgan fingerprint density at radius 1 is 1.11 bits per heavy atom. The van der Waals surface area contributed by atoms with Gasteiger partial charge in [0.25, 0.3) is 0 Å². The lowest BCUT2D eigenvalue weighted by molar-refractivity contribution is -0.184. The van der Waals surface area contributed by atoms with Crippen LogP contribution in [0.4, 0.5) is 0 Å². The Morgan fingerprint density at radius 3 is 2.05 bits per heavy atom. The first-order chi connectivity index (χ1) is 8.75. The van der Waals surface area contributed by atoms with Gasteiger partial charge in [-0.1, -0.05) is 19.8 Å². The van der Waals surface area contributed by atoms with Crippen LogP contribution in [0, 0.1) is 10.8 Å². The van der Waals surface area contributed by atoms with E-state index in [9.17, 15) is 29.4 Å². The van der Waals surface area contributed by atoms with Crippen LogP contribution < -0.4 is 0 Å². The largest absolute Gasteiger partial charge is 0.480 e. The van der Waals surface area contributed by atoms with E-state index in [0.717, 1.165) is 6.92 Å². The summed E-state index contributed by atoms with van der Waals surface area (Å²) in [6, 6.07) is 0. The number of carboxylic acid groups (broad SMARTS) is 2. The van der Waals surface area contributed by atoms with E-state index in [-0.39, 0.29) is 19.3 Å². The average Bonchev–Trinajstić information content (AvgIpc) is 2.34. The molecule has 1 aliphatic carbocycles. The second-order valence-electron chi connectivity index (χ2n) is 5.09. The fraction of sp³-hybridized carbons (Fsp3) is 0.692. The van der Waals surface area contributed by atoms with E-state index in [1.807, 2.05) is 6.92 Å². The van der Waals surface area contributed by atoms with Crippen molar-refractivity contribution in [1.82, 2.24) is 0 Å². The third kappa shape index (κ3) is 1.95. The molecule has 0 aromatic carbocycles. The summed E-state index contributed by atoms with van der Waals surface area (Å²) in [7, 11) is 0. The minimum Gasteiger partial charge on any atom is -0.480 e. The number of unbranched alkanes of at least 4 members (excludes halogenated alkanes) is 1. The Labute approximate surface area is 110 Å². The van der Waals surface area contributed by atoms with Crippen LogP contribution in [0.1, 0.15) is 46.0 Å². The SMILES string of the molecule is CCCCC1(C(=O)O)C(=O)CCC(=O)C1(C)C(=O)O. The summed E-state index contributed by atoms with van der Waals surface area (Å²) in [4.78, 5) is 47.2. The van der Waals surface area contributed by atoms with Crippen molar-refractivity contribution in [3.63, 3.8) is 0 Å². The minimum atomic E-state index is -2.18. The molecular weight excluding hydrogens is 252 g/mol. The van der Waals surface area contributed by atoms with E-state index in [4.69, 9.17) is 0 Å². The van der Waals surface area contributed by atoms with Crippen LogP contribution in [0.25, 0.3) is 0 Å². The predicted molar refractivity (Wildman–Crippen MR) is 64.6 cm³/mol. The first-order valence-electron chi connectivity index (χ1n) is 6.28. The van der Waals surface area contributed by atoms with Crippen molar-refractivity contribution in [2.45, 2.75) is 46.0 Å². The van der Waals surface area contributed by atoms with Gasteiger partial charge in [0.2, 0.25) is 0 Å². The van der Waals surface area contributed by atoms with Gasteiger partial charge in [0.15, 0.2) is 11.6 Å². The van der Waals surface area contributed by atoms with Gasteiger partial charge in [-0.05, 0) is 13.3 Å². The van der Waals surface area contributed by atoms with Crippen LogP contribution in [-0.4, -0.2) is 33.7 Å². The van der Waals surface area contributed by atoms with Crippen molar-refractivity contribution in [2.24, 2.45) is 10.8 Å². The quantitative estimate of drug-likeness (QED) is 0.728. The maximum absolute atomic E-state index is 12.1. The fourth-order valence-electron chi connectivity index (χ4n) is 2.78. The summed E-state index contributed by atoms with van der Waals surface area (Å²) in [5.41, 5.74) is -4.31. The first kappa shape index (κ1) is 15.3. The van der Waals surface area contributed by atoms with Crippen molar-refractivity contribution in [3.8, 4) is 0 Å². The first-order valence-corrected chi connectivity index (χ1v) is 6.28. The lowest BCUT2D eigenvalue weighted by atomic mass is 9.53. The normalized spacial score (nSPS) is 31.3. The molecule has 1 saturated carbocycles. The molecule has 0 aromatic heterocycles. The van der Waals surface area contributed by atoms with Crippen LogP contribution in [-0.2, 0) is 19.2 Å². The van der Waals surface area contributed by atoms with Gasteiger partial charge in [-0.25, -0.2) is 0 Å². The molecule has 19 heavy (non-hydrogen) atoms. The monoisotopic (exact) mass is 270 g/mol. The van der Waals surface area contributed by atoms with Crippen LogP contribution in [0.15, 0.2) is 0 Å². The zero-order valence-electron chi connectivity index (χ0n) is 11.1. The maximum Gasteiger partial charge on any atom is 0.318 e. The number of Topliss-reactive ketones (excluding diaryl/α,β-unsaturated/α-hetero) is 2. The van der Waals surface area contributed by atoms with E-state index >= 15 is 0 Å². The van der Waals surface area contributed by atoms with E-state index in [0.29, 0.717) is 12.8 Å². The molecule has 106 valence electrons. The molecule has 0 saturated heterocycles. The fourth-order valence-corrected chi connectivity index (χ4v) is 2.78. The molecular formula is C13H18O6. The van der Waals surface area contributed by atoms with Gasteiger partial charge in [0.1, 0.15) is 10.8 Å². The second kappa shape index (κ2) is 5.11. The number of aliphatic carboxylic acids is 2. The molecule has 6 nitrogen and oxygen atoms in total. The minimum absolute atomic E-state index is 0.119. The molecule has 0 heterocycles. The Morgan fingerprint density at radius 2 is 1.63 bits per heavy atom. The molecule has 0 bridgehead atoms. The van der Waals surface area contributed by atoms with E-state index < -0.39 is 34.3 Å². The van der Waals surface area contributed by atoms with Gasteiger partial charge >= 0.3 is 11.9 Å². The Bertz CT molecular complexity index is 440.